The maximum atomic E-state index is 9.67. The van der Waals surface area contributed by atoms with Crippen LogP contribution in [0.3, 0.4) is 0 Å². The summed E-state index contributed by atoms with van der Waals surface area (Å²) in [5.74, 6) is 0.477. The first-order valence-corrected chi connectivity index (χ1v) is 4.97. The van der Waals surface area contributed by atoms with Gasteiger partial charge in [-0.15, -0.1) is 0 Å². The van der Waals surface area contributed by atoms with Crippen LogP contribution in [0.1, 0.15) is 5.56 Å². The number of pyridine rings is 1. The van der Waals surface area contributed by atoms with Gasteiger partial charge in [-0.25, -0.2) is 0 Å². The molecule has 1 N–H and O–H groups in total. The van der Waals surface area contributed by atoms with Crippen LogP contribution in [-0.2, 0) is 0 Å². The van der Waals surface area contributed by atoms with E-state index in [-0.39, 0.29) is 5.75 Å². The number of aromatic nitrogens is 1. The molecule has 84 valence electrons. The van der Waals surface area contributed by atoms with Gasteiger partial charge in [0.1, 0.15) is 6.07 Å². The SMILES string of the molecule is COc1ccc(-c2cncc(C#N)c2)cc1O. The molecule has 1 heterocycles. The Morgan fingerprint density at radius 2 is 2.06 bits per heavy atom. The predicted octanol–water partition coefficient (Wildman–Crippen LogP) is 2.33. The highest BCUT2D eigenvalue weighted by Crippen LogP contribution is 2.31. The maximum Gasteiger partial charge on any atom is 0.160 e. The molecule has 0 unspecified atom stereocenters. The predicted molar refractivity (Wildman–Crippen MR) is 62.6 cm³/mol. The molecule has 1 aromatic carbocycles. The quantitative estimate of drug-likeness (QED) is 0.853. The van der Waals surface area contributed by atoms with Crippen LogP contribution in [0.2, 0.25) is 0 Å². The number of methoxy groups -OCH3 is 1. The monoisotopic (exact) mass is 226 g/mol. The van der Waals surface area contributed by atoms with Gasteiger partial charge in [-0.2, -0.15) is 5.26 Å². The average molecular weight is 226 g/mol. The Balaban J connectivity index is 2.46. The van der Waals surface area contributed by atoms with Gasteiger partial charge in [0.15, 0.2) is 11.5 Å². The highest BCUT2D eigenvalue weighted by molar-refractivity contribution is 5.67. The van der Waals surface area contributed by atoms with E-state index in [0.717, 1.165) is 11.1 Å². The van der Waals surface area contributed by atoms with E-state index in [9.17, 15) is 5.11 Å². The Hall–Kier alpha value is -2.54. The number of rotatable bonds is 2. The van der Waals surface area contributed by atoms with Crippen molar-refractivity contribution in [3.63, 3.8) is 0 Å². The summed E-state index contributed by atoms with van der Waals surface area (Å²) < 4.78 is 4.96. The lowest BCUT2D eigenvalue weighted by Gasteiger charge is -2.06. The van der Waals surface area contributed by atoms with E-state index < -0.39 is 0 Å². The van der Waals surface area contributed by atoms with Gasteiger partial charge in [-0.1, -0.05) is 6.07 Å². The van der Waals surface area contributed by atoms with Crippen molar-refractivity contribution in [1.29, 1.82) is 5.26 Å². The van der Waals surface area contributed by atoms with E-state index >= 15 is 0 Å². The number of ether oxygens (including phenoxy) is 1. The van der Waals surface area contributed by atoms with E-state index in [1.54, 1.807) is 30.5 Å². The number of hydrogen-bond donors (Lipinski definition) is 1. The molecule has 1 aromatic heterocycles. The molecular weight excluding hydrogens is 216 g/mol. The van der Waals surface area contributed by atoms with Gasteiger partial charge in [-0.3, -0.25) is 4.98 Å². The average Bonchev–Trinajstić information content (AvgIpc) is 2.38. The molecule has 4 heteroatoms. The minimum absolute atomic E-state index is 0.0624. The largest absolute Gasteiger partial charge is 0.504 e. The van der Waals surface area contributed by atoms with Crippen LogP contribution < -0.4 is 4.74 Å². The minimum Gasteiger partial charge on any atom is -0.504 e. The summed E-state index contributed by atoms with van der Waals surface area (Å²) in [7, 11) is 1.49. The van der Waals surface area contributed by atoms with Gasteiger partial charge in [0, 0.05) is 18.0 Å². The van der Waals surface area contributed by atoms with Crippen molar-refractivity contribution in [1.82, 2.24) is 4.98 Å². The van der Waals surface area contributed by atoms with Crippen LogP contribution in [0, 0.1) is 11.3 Å². The summed E-state index contributed by atoms with van der Waals surface area (Å²) in [6.07, 6.45) is 3.13. The Morgan fingerprint density at radius 3 is 2.71 bits per heavy atom. The Morgan fingerprint density at radius 1 is 1.24 bits per heavy atom. The second-order valence-corrected chi connectivity index (χ2v) is 3.46. The zero-order chi connectivity index (χ0) is 12.3. The molecule has 0 spiro atoms. The fraction of sp³-hybridized carbons (Fsp3) is 0.0769. The lowest BCUT2D eigenvalue weighted by molar-refractivity contribution is 0.373. The Labute approximate surface area is 98.7 Å². The lowest BCUT2D eigenvalue weighted by Crippen LogP contribution is -1.86. The van der Waals surface area contributed by atoms with Crippen LogP contribution in [0.25, 0.3) is 11.1 Å². The maximum absolute atomic E-state index is 9.67. The van der Waals surface area contributed by atoms with Crippen LogP contribution in [0.15, 0.2) is 36.7 Å². The molecule has 0 radical (unpaired) electrons. The van der Waals surface area contributed by atoms with Gasteiger partial charge >= 0.3 is 0 Å². The summed E-state index contributed by atoms with van der Waals surface area (Å²) in [4.78, 5) is 3.97. The summed E-state index contributed by atoms with van der Waals surface area (Å²) in [5.41, 5.74) is 2.05. The highest BCUT2D eigenvalue weighted by Gasteiger charge is 2.05. The van der Waals surface area contributed by atoms with Crippen LogP contribution in [0.5, 0.6) is 11.5 Å². The summed E-state index contributed by atoms with van der Waals surface area (Å²) in [6, 6.07) is 8.79. The molecule has 0 saturated heterocycles. The van der Waals surface area contributed by atoms with Crippen LogP contribution in [0.4, 0.5) is 0 Å². The van der Waals surface area contributed by atoms with E-state index in [1.165, 1.54) is 13.3 Å². The van der Waals surface area contributed by atoms with Crippen molar-refractivity contribution in [2.24, 2.45) is 0 Å². The number of nitrogens with zero attached hydrogens (tertiary/aromatic N) is 2. The first kappa shape index (κ1) is 11.0. The van der Waals surface area contributed by atoms with E-state index in [2.05, 4.69) is 4.98 Å². The third-order valence-electron chi connectivity index (χ3n) is 2.38. The second kappa shape index (κ2) is 4.54. The van der Waals surface area contributed by atoms with Crippen LogP contribution in [-0.4, -0.2) is 17.2 Å². The molecule has 17 heavy (non-hydrogen) atoms. The first-order valence-electron chi connectivity index (χ1n) is 4.97. The Bertz CT molecular complexity index is 588. The minimum atomic E-state index is 0.0624. The van der Waals surface area contributed by atoms with Crippen molar-refractivity contribution in [2.45, 2.75) is 0 Å². The second-order valence-electron chi connectivity index (χ2n) is 3.46. The zero-order valence-corrected chi connectivity index (χ0v) is 9.21. The summed E-state index contributed by atoms with van der Waals surface area (Å²) in [6.45, 7) is 0. The van der Waals surface area contributed by atoms with Gasteiger partial charge in [-0.05, 0) is 23.8 Å². The molecular formula is C13H10N2O2. The third kappa shape index (κ3) is 2.18. The molecule has 0 saturated carbocycles. The van der Waals surface area contributed by atoms with E-state index in [1.807, 2.05) is 6.07 Å². The first-order chi connectivity index (χ1) is 8.24. The van der Waals surface area contributed by atoms with Crippen molar-refractivity contribution in [3.05, 3.63) is 42.2 Å². The number of benzene rings is 1. The molecule has 0 bridgehead atoms. The molecule has 0 aliphatic rings. The van der Waals surface area contributed by atoms with Gasteiger partial charge in [0.05, 0.1) is 12.7 Å². The van der Waals surface area contributed by atoms with E-state index in [0.29, 0.717) is 11.3 Å². The number of phenolic OH excluding ortho intramolecular Hbond substituents is 1. The van der Waals surface area contributed by atoms with Crippen LogP contribution >= 0.6 is 0 Å². The van der Waals surface area contributed by atoms with E-state index in [4.69, 9.17) is 10.00 Å². The summed E-state index contributed by atoms with van der Waals surface area (Å²) >= 11 is 0. The molecule has 0 fully saturated rings. The van der Waals surface area contributed by atoms with Gasteiger partial charge in [0.2, 0.25) is 0 Å². The standard InChI is InChI=1S/C13H10N2O2/c1-17-13-3-2-10(5-12(13)16)11-4-9(6-14)7-15-8-11/h2-5,7-8,16H,1H3. The normalized spacial score (nSPS) is 9.65. The third-order valence-corrected chi connectivity index (χ3v) is 2.38. The number of phenols is 1. The van der Waals surface area contributed by atoms with Crippen molar-refractivity contribution >= 4 is 0 Å². The fourth-order valence-electron chi connectivity index (χ4n) is 1.53. The van der Waals surface area contributed by atoms with Crippen molar-refractivity contribution in [3.8, 4) is 28.7 Å². The van der Waals surface area contributed by atoms with Crippen molar-refractivity contribution < 1.29 is 9.84 Å². The van der Waals surface area contributed by atoms with Gasteiger partial charge in [0.25, 0.3) is 0 Å². The Kier molecular flexibility index (Phi) is 2.93. The highest BCUT2D eigenvalue weighted by atomic mass is 16.5. The number of nitriles is 1. The smallest absolute Gasteiger partial charge is 0.160 e. The summed E-state index contributed by atoms with van der Waals surface area (Å²) in [5, 5.41) is 18.5. The molecule has 4 nitrogen and oxygen atoms in total. The molecule has 0 aliphatic heterocycles. The lowest BCUT2D eigenvalue weighted by atomic mass is 10.1. The molecule has 0 aliphatic carbocycles. The topological polar surface area (TPSA) is 66.1 Å². The number of hydrogen-bond acceptors (Lipinski definition) is 4. The molecule has 2 aromatic rings. The van der Waals surface area contributed by atoms with Gasteiger partial charge < -0.3 is 9.84 Å². The van der Waals surface area contributed by atoms with Crippen molar-refractivity contribution in [2.75, 3.05) is 7.11 Å². The molecule has 0 atom stereocenters. The fourth-order valence-corrected chi connectivity index (χ4v) is 1.53. The molecule has 0 amide bonds. The number of aromatic hydroxyl groups is 1. The molecule has 2 rings (SSSR count). The zero-order valence-electron chi connectivity index (χ0n) is 9.21.